The molecule has 9 heteroatoms. The molecule has 0 spiro atoms. The van der Waals surface area contributed by atoms with Gasteiger partial charge in [-0.25, -0.2) is 13.2 Å². The third kappa shape index (κ3) is 4.99. The molecule has 0 aliphatic carbocycles. The van der Waals surface area contributed by atoms with Crippen LogP contribution in [0.25, 0.3) is 10.8 Å². The number of carbonyl (C=O) groups is 1. The van der Waals surface area contributed by atoms with Gasteiger partial charge < -0.3 is 5.11 Å². The number of aliphatic carboxylic acids is 1. The lowest BCUT2D eigenvalue weighted by atomic mass is 10.1. The highest BCUT2D eigenvalue weighted by molar-refractivity contribution is 7.93. The molecule has 1 atom stereocenters. The number of carboxylic acids is 1. The number of nitriles is 1. The molecule has 1 N–H and O–H groups in total. The van der Waals surface area contributed by atoms with Crippen LogP contribution < -0.4 is 4.31 Å². The predicted molar refractivity (Wildman–Crippen MR) is 126 cm³/mol. The topological polar surface area (TPSA) is 98.5 Å². The van der Waals surface area contributed by atoms with Crippen LogP contribution in [0.2, 0.25) is 10.0 Å². The van der Waals surface area contributed by atoms with E-state index in [2.05, 4.69) is 0 Å². The van der Waals surface area contributed by atoms with Crippen molar-refractivity contribution >= 4 is 55.7 Å². The largest absolute Gasteiger partial charge is 0.480 e. The molecular formula is C23H20Cl2N2O4S. The first kappa shape index (κ1) is 23.9. The summed E-state index contributed by atoms with van der Waals surface area (Å²) in [6, 6.07) is 14.4. The van der Waals surface area contributed by atoms with Crippen molar-refractivity contribution in [2.45, 2.75) is 37.1 Å². The van der Waals surface area contributed by atoms with Crippen molar-refractivity contribution in [3.8, 4) is 6.07 Å². The molecule has 0 fully saturated rings. The summed E-state index contributed by atoms with van der Waals surface area (Å²) in [6.45, 7) is 1.90. The van der Waals surface area contributed by atoms with Gasteiger partial charge in [-0.1, -0.05) is 55.1 Å². The van der Waals surface area contributed by atoms with E-state index >= 15 is 0 Å². The summed E-state index contributed by atoms with van der Waals surface area (Å²) >= 11 is 12.1. The molecule has 0 heterocycles. The van der Waals surface area contributed by atoms with Crippen molar-refractivity contribution in [1.82, 2.24) is 0 Å². The van der Waals surface area contributed by atoms with Gasteiger partial charge in [0.05, 0.1) is 22.2 Å². The second kappa shape index (κ2) is 9.78. The number of nitrogens with zero attached hydrogens (tertiary/aromatic N) is 2. The minimum absolute atomic E-state index is 0.119. The second-order valence-corrected chi connectivity index (χ2v) is 9.95. The minimum Gasteiger partial charge on any atom is -0.480 e. The van der Waals surface area contributed by atoms with Crippen molar-refractivity contribution in [1.29, 1.82) is 5.26 Å². The number of hydrogen-bond acceptors (Lipinski definition) is 4. The average molecular weight is 491 g/mol. The Hall–Kier alpha value is -2.79. The fraction of sp³-hybridized carbons (Fsp3) is 0.217. The maximum atomic E-state index is 13.7. The zero-order valence-electron chi connectivity index (χ0n) is 17.1. The molecule has 32 heavy (non-hydrogen) atoms. The van der Waals surface area contributed by atoms with Crippen molar-refractivity contribution in [2.75, 3.05) is 4.31 Å². The Labute approximate surface area is 196 Å². The molecule has 3 rings (SSSR count). The SMILES string of the molecule is CCCCC(C(=O)O)N(c1ccc2ccc(C#N)cc2c1)S(=O)(=O)c1cc(Cl)cc(Cl)c1. The Morgan fingerprint density at radius 2 is 1.72 bits per heavy atom. The van der Waals surface area contributed by atoms with Crippen LogP contribution in [0, 0.1) is 11.3 Å². The summed E-state index contributed by atoms with van der Waals surface area (Å²) in [6.07, 6.45) is 1.34. The van der Waals surface area contributed by atoms with E-state index in [1.54, 1.807) is 36.4 Å². The first-order valence-electron chi connectivity index (χ1n) is 9.84. The van der Waals surface area contributed by atoms with Gasteiger partial charge in [-0.2, -0.15) is 5.26 Å². The summed E-state index contributed by atoms with van der Waals surface area (Å²) < 4.78 is 28.3. The van der Waals surface area contributed by atoms with E-state index < -0.39 is 22.0 Å². The number of benzene rings is 3. The van der Waals surface area contributed by atoms with Crippen LogP contribution in [0.1, 0.15) is 31.7 Å². The van der Waals surface area contributed by atoms with Crippen LogP contribution >= 0.6 is 23.2 Å². The van der Waals surface area contributed by atoms with E-state index in [0.29, 0.717) is 23.8 Å². The summed E-state index contributed by atoms with van der Waals surface area (Å²) in [5.74, 6) is -1.26. The van der Waals surface area contributed by atoms with Gasteiger partial charge in [-0.05, 0) is 59.7 Å². The first-order valence-corrected chi connectivity index (χ1v) is 12.0. The van der Waals surface area contributed by atoms with Crippen LogP contribution in [-0.2, 0) is 14.8 Å². The van der Waals surface area contributed by atoms with Gasteiger partial charge in [0.25, 0.3) is 10.0 Å². The molecule has 0 aliphatic heterocycles. The lowest BCUT2D eigenvalue weighted by Crippen LogP contribution is -2.45. The Morgan fingerprint density at radius 1 is 1.06 bits per heavy atom. The molecule has 0 aromatic heterocycles. The highest BCUT2D eigenvalue weighted by Crippen LogP contribution is 2.33. The number of carboxylic acid groups (broad SMARTS) is 1. The van der Waals surface area contributed by atoms with Crippen molar-refractivity contribution in [3.63, 3.8) is 0 Å². The number of halogens is 2. The van der Waals surface area contributed by atoms with E-state index in [1.165, 1.54) is 18.2 Å². The summed E-state index contributed by atoms with van der Waals surface area (Å²) in [7, 11) is -4.34. The summed E-state index contributed by atoms with van der Waals surface area (Å²) in [5.41, 5.74) is 0.582. The molecular weight excluding hydrogens is 471 g/mol. The summed E-state index contributed by atoms with van der Waals surface area (Å²) in [5, 5.41) is 20.8. The fourth-order valence-corrected chi connectivity index (χ4v) is 5.81. The van der Waals surface area contributed by atoms with Gasteiger partial charge in [-0.3, -0.25) is 4.31 Å². The first-order chi connectivity index (χ1) is 15.2. The number of fused-ring (bicyclic) bond motifs is 1. The Kier molecular flexibility index (Phi) is 7.29. The number of rotatable bonds is 8. The summed E-state index contributed by atoms with van der Waals surface area (Å²) in [4.78, 5) is 12.0. The highest BCUT2D eigenvalue weighted by Gasteiger charge is 2.36. The zero-order chi connectivity index (χ0) is 23.5. The minimum atomic E-state index is -4.34. The Bertz CT molecular complexity index is 1300. The van der Waals surface area contributed by atoms with Crippen LogP contribution in [0.15, 0.2) is 59.5 Å². The van der Waals surface area contributed by atoms with Crippen molar-refractivity contribution < 1.29 is 18.3 Å². The molecule has 0 aliphatic rings. The van der Waals surface area contributed by atoms with Crippen LogP contribution in [0.3, 0.4) is 0 Å². The van der Waals surface area contributed by atoms with Gasteiger partial charge >= 0.3 is 5.97 Å². The van der Waals surface area contributed by atoms with Crippen molar-refractivity contribution in [2.24, 2.45) is 0 Å². The number of hydrogen-bond donors (Lipinski definition) is 1. The second-order valence-electron chi connectivity index (χ2n) is 7.26. The maximum absolute atomic E-state index is 13.7. The Morgan fingerprint density at radius 3 is 2.31 bits per heavy atom. The lowest BCUT2D eigenvalue weighted by Gasteiger charge is -2.30. The van der Waals surface area contributed by atoms with E-state index in [-0.39, 0.29) is 27.0 Å². The molecule has 3 aromatic carbocycles. The van der Waals surface area contributed by atoms with E-state index in [4.69, 9.17) is 23.2 Å². The lowest BCUT2D eigenvalue weighted by molar-refractivity contribution is -0.138. The van der Waals surface area contributed by atoms with E-state index in [0.717, 1.165) is 9.69 Å². The van der Waals surface area contributed by atoms with Crippen molar-refractivity contribution in [3.05, 3.63) is 70.2 Å². The number of unbranched alkanes of at least 4 members (excludes halogenated alkanes) is 1. The molecule has 1 unspecified atom stereocenters. The van der Waals surface area contributed by atoms with Gasteiger partial charge in [0.15, 0.2) is 0 Å². The molecule has 0 saturated carbocycles. The maximum Gasteiger partial charge on any atom is 0.327 e. The van der Waals surface area contributed by atoms with E-state index in [9.17, 15) is 23.6 Å². The monoisotopic (exact) mass is 490 g/mol. The van der Waals surface area contributed by atoms with Gasteiger partial charge in [-0.15, -0.1) is 0 Å². The molecule has 0 radical (unpaired) electrons. The third-order valence-electron chi connectivity index (χ3n) is 5.00. The smallest absolute Gasteiger partial charge is 0.327 e. The average Bonchev–Trinajstić information content (AvgIpc) is 2.74. The van der Waals surface area contributed by atoms with Crippen LogP contribution in [0.5, 0.6) is 0 Å². The molecule has 166 valence electrons. The quantitative estimate of drug-likeness (QED) is 0.426. The van der Waals surface area contributed by atoms with Crippen LogP contribution in [-0.4, -0.2) is 25.5 Å². The standard InChI is InChI=1S/C23H20Cl2N2O4S/c1-2-3-4-22(23(28)29)27(32(30,31)21-12-18(24)11-19(25)13-21)20-8-7-16-6-5-15(14-26)9-17(16)10-20/h5-13,22H,2-4H2,1H3,(H,28,29). The predicted octanol–water partition coefficient (Wildman–Crippen LogP) is 5.86. The van der Waals surface area contributed by atoms with Gasteiger partial charge in [0.1, 0.15) is 6.04 Å². The normalized spacial score (nSPS) is 12.3. The molecule has 0 saturated heterocycles. The zero-order valence-corrected chi connectivity index (χ0v) is 19.5. The third-order valence-corrected chi connectivity index (χ3v) is 7.25. The molecule has 0 amide bonds. The fourth-order valence-electron chi connectivity index (χ4n) is 3.46. The van der Waals surface area contributed by atoms with Crippen LogP contribution in [0.4, 0.5) is 5.69 Å². The molecule has 3 aromatic rings. The Balaban J connectivity index is 2.26. The molecule has 0 bridgehead atoms. The molecule has 6 nitrogen and oxygen atoms in total. The number of sulfonamides is 1. The van der Waals surface area contributed by atoms with Gasteiger partial charge in [0.2, 0.25) is 0 Å². The highest BCUT2D eigenvalue weighted by atomic mass is 35.5. The number of anilines is 1. The van der Waals surface area contributed by atoms with Gasteiger partial charge in [0, 0.05) is 10.0 Å². The van der Waals surface area contributed by atoms with E-state index in [1.807, 2.05) is 13.0 Å².